The molecule has 0 saturated heterocycles. The molecule has 0 amide bonds. The number of hydrogen-bond donors (Lipinski definition) is 0. The van der Waals surface area contributed by atoms with Gasteiger partial charge in [0.1, 0.15) is 11.2 Å². The summed E-state index contributed by atoms with van der Waals surface area (Å²) in [4.78, 5) is 15.1. The third-order valence-electron chi connectivity index (χ3n) is 11.1. The van der Waals surface area contributed by atoms with Crippen molar-refractivity contribution in [3.8, 4) is 51.0 Å². The Morgan fingerprint density at radius 2 is 0.965 bits per heavy atom. The van der Waals surface area contributed by atoms with Crippen molar-refractivity contribution in [2.75, 3.05) is 0 Å². The van der Waals surface area contributed by atoms with E-state index in [0.717, 1.165) is 60.1 Å². The minimum atomic E-state index is 0.653. The molecule has 0 bridgehead atoms. The number of rotatable bonds is 5. The molecular formula is C51H30N4OS. The van der Waals surface area contributed by atoms with Crippen LogP contribution in [0.3, 0.4) is 0 Å². The fourth-order valence-corrected chi connectivity index (χ4v) is 9.78. The Balaban J connectivity index is 1.05. The molecule has 0 aliphatic rings. The summed E-state index contributed by atoms with van der Waals surface area (Å²) in [6, 6.07) is 63.7. The largest absolute Gasteiger partial charge is 0.456 e. The molecule has 0 unspecified atom stereocenters. The first-order chi connectivity index (χ1) is 28.3. The summed E-state index contributed by atoms with van der Waals surface area (Å²) >= 11 is 1.78. The highest BCUT2D eigenvalue weighted by Crippen LogP contribution is 2.45. The lowest BCUT2D eigenvalue weighted by atomic mass is 9.97. The van der Waals surface area contributed by atoms with Crippen LogP contribution in [0.25, 0.3) is 115 Å². The van der Waals surface area contributed by atoms with Crippen LogP contribution in [0.15, 0.2) is 186 Å². The predicted molar refractivity (Wildman–Crippen MR) is 236 cm³/mol. The van der Waals surface area contributed by atoms with Crippen LogP contribution in [0.2, 0.25) is 0 Å². The lowest BCUT2D eigenvalue weighted by Crippen LogP contribution is -2.00. The molecule has 0 N–H and O–H groups in total. The normalized spacial score (nSPS) is 11.9. The smallest absolute Gasteiger partial charge is 0.165 e. The molecule has 0 spiro atoms. The van der Waals surface area contributed by atoms with Crippen LogP contribution in [0.1, 0.15) is 0 Å². The first-order valence-electron chi connectivity index (χ1n) is 19.0. The maximum atomic E-state index is 6.63. The van der Waals surface area contributed by atoms with Gasteiger partial charge in [-0.25, -0.2) is 15.0 Å². The zero-order chi connectivity index (χ0) is 37.5. The quantitative estimate of drug-likeness (QED) is 0.176. The molecule has 57 heavy (non-hydrogen) atoms. The topological polar surface area (TPSA) is 56.7 Å². The van der Waals surface area contributed by atoms with Gasteiger partial charge in [0, 0.05) is 53.0 Å². The second-order valence-electron chi connectivity index (χ2n) is 14.3. The van der Waals surface area contributed by atoms with E-state index in [4.69, 9.17) is 19.4 Å². The Hall–Kier alpha value is -7.41. The van der Waals surface area contributed by atoms with Crippen LogP contribution in [-0.2, 0) is 0 Å². The van der Waals surface area contributed by atoms with Crippen molar-refractivity contribution >= 4 is 75.3 Å². The van der Waals surface area contributed by atoms with E-state index in [0.29, 0.717) is 17.5 Å². The zero-order valence-corrected chi connectivity index (χ0v) is 31.2. The lowest BCUT2D eigenvalue weighted by molar-refractivity contribution is 0.669. The van der Waals surface area contributed by atoms with Gasteiger partial charge in [0.25, 0.3) is 0 Å². The molecule has 8 aromatic carbocycles. The third-order valence-corrected chi connectivity index (χ3v) is 12.3. The minimum Gasteiger partial charge on any atom is -0.456 e. The lowest BCUT2D eigenvalue weighted by Gasteiger charge is -2.11. The first-order valence-corrected chi connectivity index (χ1v) is 19.8. The van der Waals surface area contributed by atoms with E-state index in [2.05, 4.69) is 126 Å². The molecule has 12 rings (SSSR count). The van der Waals surface area contributed by atoms with E-state index in [9.17, 15) is 0 Å². The summed E-state index contributed by atoms with van der Waals surface area (Å²) in [5, 5.41) is 7.07. The van der Waals surface area contributed by atoms with Crippen molar-refractivity contribution in [1.29, 1.82) is 0 Å². The molecule has 0 saturated carbocycles. The maximum Gasteiger partial charge on any atom is 0.165 e. The molecule has 4 aromatic heterocycles. The van der Waals surface area contributed by atoms with E-state index in [1.807, 2.05) is 60.7 Å². The monoisotopic (exact) mass is 746 g/mol. The Kier molecular flexibility index (Phi) is 7.03. The van der Waals surface area contributed by atoms with E-state index in [-0.39, 0.29) is 0 Å². The Labute approximate surface area is 330 Å². The number of para-hydroxylation sites is 2. The second kappa shape index (κ2) is 12.6. The van der Waals surface area contributed by atoms with Crippen LogP contribution in [0, 0.1) is 0 Å². The van der Waals surface area contributed by atoms with Crippen molar-refractivity contribution < 1.29 is 4.42 Å². The molecule has 6 heteroatoms. The maximum absolute atomic E-state index is 6.63. The third kappa shape index (κ3) is 4.98. The highest BCUT2D eigenvalue weighted by molar-refractivity contribution is 7.26. The number of nitrogens with zero attached hydrogens (tertiary/aromatic N) is 4. The van der Waals surface area contributed by atoms with Crippen LogP contribution < -0.4 is 0 Å². The molecule has 266 valence electrons. The van der Waals surface area contributed by atoms with Gasteiger partial charge in [-0.15, -0.1) is 11.3 Å². The molecular weight excluding hydrogens is 717 g/mol. The molecule has 4 heterocycles. The van der Waals surface area contributed by atoms with Crippen LogP contribution in [0.4, 0.5) is 0 Å². The summed E-state index contributed by atoms with van der Waals surface area (Å²) < 4.78 is 11.4. The Morgan fingerprint density at radius 1 is 0.404 bits per heavy atom. The average molecular weight is 747 g/mol. The van der Waals surface area contributed by atoms with Crippen LogP contribution >= 0.6 is 11.3 Å². The SMILES string of the molecule is c1ccc(-c2nc(-c3ccccc3)nc(-c3cccc4c3sc3cc(-c5cccc6oc7cccc(-n8c9ccccc9c9ccccc98)c7c56)ccc34)n2)cc1. The van der Waals surface area contributed by atoms with Gasteiger partial charge in [-0.1, -0.05) is 140 Å². The summed E-state index contributed by atoms with van der Waals surface area (Å²) in [6.45, 7) is 0. The Bertz CT molecular complexity index is 3420. The first kappa shape index (κ1) is 31.9. The number of aromatic nitrogens is 4. The summed E-state index contributed by atoms with van der Waals surface area (Å²) in [5.41, 5.74) is 10.4. The second-order valence-corrected chi connectivity index (χ2v) is 15.4. The minimum absolute atomic E-state index is 0.653. The average Bonchev–Trinajstić information content (AvgIpc) is 3.96. The summed E-state index contributed by atoms with van der Waals surface area (Å²) in [5.74, 6) is 1.97. The van der Waals surface area contributed by atoms with Gasteiger partial charge >= 0.3 is 0 Å². The van der Waals surface area contributed by atoms with E-state index < -0.39 is 0 Å². The predicted octanol–water partition coefficient (Wildman–Crippen LogP) is 13.9. The fraction of sp³-hybridized carbons (Fsp3) is 0. The number of thiophene rings is 1. The van der Waals surface area contributed by atoms with Crippen molar-refractivity contribution in [1.82, 2.24) is 19.5 Å². The van der Waals surface area contributed by atoms with Crippen molar-refractivity contribution in [2.24, 2.45) is 0 Å². The summed E-state index contributed by atoms with van der Waals surface area (Å²) in [6.07, 6.45) is 0. The summed E-state index contributed by atoms with van der Waals surface area (Å²) in [7, 11) is 0. The number of furan rings is 1. The van der Waals surface area contributed by atoms with Gasteiger partial charge < -0.3 is 8.98 Å². The van der Waals surface area contributed by atoms with E-state index in [1.165, 1.54) is 37.3 Å². The van der Waals surface area contributed by atoms with Gasteiger partial charge in [0.05, 0.1) is 22.1 Å². The molecule has 0 radical (unpaired) electrons. The van der Waals surface area contributed by atoms with Gasteiger partial charge in [-0.2, -0.15) is 0 Å². The van der Waals surface area contributed by atoms with Gasteiger partial charge in [0.2, 0.25) is 0 Å². The molecule has 0 atom stereocenters. The van der Waals surface area contributed by atoms with Crippen molar-refractivity contribution in [3.05, 3.63) is 182 Å². The number of hydrogen-bond acceptors (Lipinski definition) is 5. The van der Waals surface area contributed by atoms with Gasteiger partial charge in [0.15, 0.2) is 17.5 Å². The molecule has 0 aliphatic carbocycles. The van der Waals surface area contributed by atoms with Gasteiger partial charge in [-0.05, 0) is 53.6 Å². The fourth-order valence-electron chi connectivity index (χ4n) is 8.53. The molecule has 0 aliphatic heterocycles. The zero-order valence-electron chi connectivity index (χ0n) is 30.4. The van der Waals surface area contributed by atoms with Crippen molar-refractivity contribution in [2.45, 2.75) is 0 Å². The molecule has 5 nitrogen and oxygen atoms in total. The number of fused-ring (bicyclic) bond motifs is 9. The van der Waals surface area contributed by atoms with Crippen LogP contribution in [0.5, 0.6) is 0 Å². The number of benzene rings is 8. The molecule has 12 aromatic rings. The highest BCUT2D eigenvalue weighted by atomic mass is 32.1. The van der Waals surface area contributed by atoms with E-state index in [1.54, 1.807) is 11.3 Å². The standard InChI is InChI=1S/C51H30N4OS/c1-3-14-31(15-4-1)49-52-50(32-16-5-2-6-17-32)54-51(53-49)39-22-11-21-38-37-29-28-33(30-45(37)57-48(38)39)34-20-12-26-43-46(34)47-42(25-13-27-44(47)56-43)55-40-23-9-7-18-35(40)36-19-8-10-24-41(36)55/h1-30H. The molecule has 0 fully saturated rings. The Morgan fingerprint density at radius 3 is 1.67 bits per heavy atom. The van der Waals surface area contributed by atoms with Gasteiger partial charge in [-0.3, -0.25) is 0 Å². The van der Waals surface area contributed by atoms with E-state index >= 15 is 0 Å². The highest BCUT2D eigenvalue weighted by Gasteiger charge is 2.21. The van der Waals surface area contributed by atoms with Crippen LogP contribution in [-0.4, -0.2) is 19.5 Å². The van der Waals surface area contributed by atoms with Crippen molar-refractivity contribution in [3.63, 3.8) is 0 Å².